The molecule has 0 aliphatic carbocycles. The average Bonchev–Trinajstić information content (AvgIpc) is 0.758. The van der Waals surface area contributed by atoms with Crippen molar-refractivity contribution in [3.63, 3.8) is 0 Å². The molecule has 15 nitrogen and oxygen atoms in total. The van der Waals surface area contributed by atoms with Gasteiger partial charge in [0.1, 0.15) is 33.0 Å². The van der Waals surface area contributed by atoms with Crippen molar-refractivity contribution >= 4 is 0 Å². The molecule has 0 aromatic heterocycles. The molecule has 126 heavy (non-hydrogen) atoms. The quantitative estimate of drug-likeness (QED) is 0.0586. The van der Waals surface area contributed by atoms with Gasteiger partial charge in [0.05, 0.1) is 40.0 Å². The first-order chi connectivity index (χ1) is 52.8. The number of alkyl halides is 42. The van der Waals surface area contributed by atoms with Crippen LogP contribution in [-0.2, 0) is 66.3 Å². The van der Waals surface area contributed by atoms with Gasteiger partial charge in [-0.3, -0.25) is 0 Å². The summed E-state index contributed by atoms with van der Waals surface area (Å²) < 4.78 is 606. The predicted molar refractivity (Wildman–Crippen MR) is 359 cm³/mol. The van der Waals surface area contributed by atoms with Gasteiger partial charge in [-0.2, -0.15) is 176 Å². The van der Waals surface area contributed by atoms with E-state index < -0.39 is 229 Å². The van der Waals surface area contributed by atoms with E-state index in [4.69, 9.17) is 4.74 Å². The Balaban J connectivity index is -0.000000364. The number of hydrogen-bond acceptors (Lipinski definition) is 15. The van der Waals surface area contributed by atoms with Gasteiger partial charge in [-0.05, 0) is 130 Å². The fourth-order valence-electron chi connectivity index (χ4n) is 6.70. The maximum absolute atomic E-state index is 13.5. The molecule has 0 radical (unpaired) electrons. The molecule has 0 rings (SSSR count). The molecule has 0 fully saturated rings. The summed E-state index contributed by atoms with van der Waals surface area (Å²) in [4.78, 5) is 0. The Bertz CT molecular complexity index is 3050. The second-order valence-corrected chi connectivity index (χ2v) is 36.9. The predicted octanol–water partition coefficient (Wildman–Crippen LogP) is 27.3. The van der Waals surface area contributed by atoms with Crippen LogP contribution in [0.2, 0.25) is 0 Å². The van der Waals surface area contributed by atoms with E-state index in [0.717, 1.165) is 83.1 Å². The standard InChI is InChI=1S/C15H18F14O4.C15H27F6NO2.C14H18F12O4.C14H24F6O4.C10H18F4.CH4/c1-7(2,3)9(16,17)31-12(22,23)13(24,25)33-15(28,29)14(26,27)32-11(20,21)10(18,19)30-8(4,5)6;1-11(2,3)7-13(16,17)9-23-15(20,21)10-24-14(18,19)8-22-12(4,5)6;1-7(2,3)27-9(15,16)11(19,20)29-13(23,24)14(25,26)30-12(21,22)10(17,18)28-8(4,5)6;1-10(2,3)21-7-12(15,16)22-8-13(17,18)23-9-14(19,20)24-11(4,5)6;1-7(2,3)9(11,12)10(13,14)8(4,5)6;/h1-6H3;22H,7-10H2,1-6H3;1-6H3;7-9H2,1-6H3;1-6H3;1H4. The number of ether oxygens (including phenoxy) is 14. The monoisotopic (exact) mass is 1970 g/mol. The molecular weight excluding hydrogens is 1860 g/mol. The second-order valence-electron chi connectivity index (χ2n) is 36.9. The molecule has 0 atom stereocenters. The summed E-state index contributed by atoms with van der Waals surface area (Å²) in [6, 6.07) is 0. The Kier molecular flexibility index (Phi) is 44.6. The zero-order valence-corrected chi connectivity index (χ0v) is 72.5. The molecule has 0 aliphatic heterocycles. The fourth-order valence-corrected chi connectivity index (χ4v) is 6.70. The van der Waals surface area contributed by atoms with Crippen molar-refractivity contribution in [3.05, 3.63) is 0 Å². The van der Waals surface area contributed by atoms with Crippen LogP contribution >= 0.6 is 0 Å². The van der Waals surface area contributed by atoms with E-state index in [1.54, 1.807) is 25.5 Å². The Hall–Kier alpha value is -3.54. The smallest absolute Gasteiger partial charge is 0.367 e. The van der Waals surface area contributed by atoms with Gasteiger partial charge in [-0.1, -0.05) is 90.5 Å². The molecule has 0 aromatic rings. The number of halogens is 42. The molecule has 0 amide bonds. The summed E-state index contributed by atoms with van der Waals surface area (Å²) in [6.45, 7) is 22.9. The molecule has 768 valence electrons. The van der Waals surface area contributed by atoms with E-state index in [0.29, 0.717) is 41.5 Å². The highest BCUT2D eigenvalue weighted by Crippen LogP contribution is 2.57. The summed E-state index contributed by atoms with van der Waals surface area (Å²) in [5, 5.41) is 2.40. The Morgan fingerprint density at radius 2 is 0.365 bits per heavy atom. The van der Waals surface area contributed by atoms with Crippen LogP contribution in [0.25, 0.3) is 0 Å². The largest absolute Gasteiger partial charge is 0.453 e. The van der Waals surface area contributed by atoms with E-state index in [1.165, 1.54) is 62.3 Å². The Labute approximate surface area is 699 Å². The third-order valence-electron chi connectivity index (χ3n) is 12.4. The van der Waals surface area contributed by atoms with E-state index in [-0.39, 0.29) is 7.43 Å². The van der Waals surface area contributed by atoms with Crippen LogP contribution in [0.1, 0.15) is 222 Å². The molecule has 57 heteroatoms. The zero-order valence-electron chi connectivity index (χ0n) is 72.5. The molecule has 0 heterocycles. The van der Waals surface area contributed by atoms with E-state index in [2.05, 4.69) is 47.9 Å². The SMILES string of the molecule is C.CC(C)(C)C(F)(F)C(F)(F)C(C)(C)C.CC(C)(C)CC(F)(F)COC(F)(F)COC(F)(F)CNC(C)(C)C.CC(C)(C)OC(F)(F)C(F)(F)OC(F)(F)C(F)(F)OC(F)(F)C(F)(F)OC(C)(C)C.CC(C)(C)OC(F)(F)C(F)(F)OC(F)(F)C(F)(F)OC(F)(F)C(F)(F)OC(F)(F)C(C)(C)C.CC(C)(C)OCC(F)(F)OCC(F)(F)OCC(F)(F)OC(C)(C)C. The average molecular weight is 1970 g/mol. The highest BCUT2D eigenvalue weighted by Gasteiger charge is 2.79. The normalized spacial score (nSPS) is 15.6. The Morgan fingerprint density at radius 3 is 0.548 bits per heavy atom. The minimum Gasteiger partial charge on any atom is -0.367 e. The highest BCUT2D eigenvalue weighted by atomic mass is 19.4. The summed E-state index contributed by atoms with van der Waals surface area (Å²) in [5.41, 5.74) is -16.4. The van der Waals surface area contributed by atoms with Crippen LogP contribution < -0.4 is 5.32 Å². The van der Waals surface area contributed by atoms with Crippen molar-refractivity contribution in [2.75, 3.05) is 39.6 Å². The number of rotatable bonds is 38. The Morgan fingerprint density at radius 1 is 0.183 bits per heavy atom. The highest BCUT2D eigenvalue weighted by molar-refractivity contribution is 5.00. The van der Waals surface area contributed by atoms with Gasteiger partial charge in [0, 0.05) is 22.8 Å². The van der Waals surface area contributed by atoms with Crippen molar-refractivity contribution in [2.45, 2.75) is 383 Å². The lowest BCUT2D eigenvalue weighted by Gasteiger charge is -2.42. The van der Waals surface area contributed by atoms with Crippen LogP contribution in [0.15, 0.2) is 0 Å². The zero-order chi connectivity index (χ0) is 103. The molecule has 0 aromatic carbocycles. The molecule has 0 saturated carbocycles. The van der Waals surface area contributed by atoms with E-state index in [9.17, 15) is 184 Å². The number of hydrogen-bond donors (Lipinski definition) is 1. The van der Waals surface area contributed by atoms with Crippen LogP contribution in [0.5, 0.6) is 0 Å². The molecule has 0 unspecified atom stereocenters. The lowest BCUT2D eigenvalue weighted by atomic mass is 9.74. The lowest BCUT2D eigenvalue weighted by molar-refractivity contribution is -0.575. The van der Waals surface area contributed by atoms with Crippen LogP contribution in [0, 0.1) is 21.7 Å². The van der Waals surface area contributed by atoms with Gasteiger partial charge in [0.25, 0.3) is 5.92 Å². The van der Waals surface area contributed by atoms with Crippen molar-refractivity contribution < 1.29 is 251 Å². The maximum Gasteiger partial charge on any atom is 0.453 e. The molecule has 0 spiro atoms. The van der Waals surface area contributed by atoms with Crippen molar-refractivity contribution in [1.82, 2.24) is 5.32 Å². The first-order valence-electron chi connectivity index (χ1n) is 35.0. The van der Waals surface area contributed by atoms with Gasteiger partial charge < -0.3 is 47.9 Å². The van der Waals surface area contributed by atoms with Gasteiger partial charge in [0.2, 0.25) is 0 Å². The second kappa shape index (κ2) is 42.2. The molecule has 1 N–H and O–H groups in total. The lowest BCUT2D eigenvalue weighted by Crippen LogP contribution is -2.60. The van der Waals surface area contributed by atoms with Crippen LogP contribution in [0.4, 0.5) is 184 Å². The van der Waals surface area contributed by atoms with Crippen LogP contribution in [-0.4, -0.2) is 201 Å². The van der Waals surface area contributed by atoms with Gasteiger partial charge in [-0.25, -0.2) is 32.5 Å². The van der Waals surface area contributed by atoms with Gasteiger partial charge >= 0.3 is 122 Å². The van der Waals surface area contributed by atoms with Crippen LogP contribution in [0.3, 0.4) is 0 Å². The minimum atomic E-state index is -7.23. The molecular formula is C69H109F42NO14. The van der Waals surface area contributed by atoms with Gasteiger partial charge in [-0.15, -0.1) is 0 Å². The summed E-state index contributed by atoms with van der Waals surface area (Å²) >= 11 is 0. The summed E-state index contributed by atoms with van der Waals surface area (Å²) in [5.74, 6) is -11.5. The topological polar surface area (TPSA) is 141 Å². The van der Waals surface area contributed by atoms with Crippen molar-refractivity contribution in [3.8, 4) is 0 Å². The summed E-state index contributed by atoms with van der Waals surface area (Å²) in [7, 11) is 0. The maximum atomic E-state index is 13.5. The third kappa shape index (κ3) is 48.4. The molecule has 0 aliphatic rings. The van der Waals surface area contributed by atoms with E-state index >= 15 is 0 Å². The summed E-state index contributed by atoms with van der Waals surface area (Å²) in [6.07, 6.45) is -106. The van der Waals surface area contributed by atoms with Crippen molar-refractivity contribution in [2.24, 2.45) is 21.7 Å². The van der Waals surface area contributed by atoms with Crippen molar-refractivity contribution in [1.29, 1.82) is 0 Å². The third-order valence-corrected chi connectivity index (χ3v) is 12.4. The number of nitrogens with one attached hydrogen (secondary N) is 1. The van der Waals surface area contributed by atoms with Gasteiger partial charge in [0.15, 0.2) is 0 Å². The molecule has 0 bridgehead atoms. The first kappa shape index (κ1) is 133. The first-order valence-corrected chi connectivity index (χ1v) is 35.0. The van der Waals surface area contributed by atoms with E-state index in [1.807, 2.05) is 14.2 Å². The molecule has 0 saturated heterocycles. The minimum absolute atomic E-state index is 0. The fraction of sp³-hybridized carbons (Fsp3) is 1.00.